The van der Waals surface area contributed by atoms with Crippen molar-refractivity contribution in [1.82, 2.24) is 4.57 Å². The number of esters is 1. The zero-order chi connectivity index (χ0) is 22.1. The molecular formula is C23H19N3O5. The summed E-state index contributed by atoms with van der Waals surface area (Å²) in [4.78, 5) is 25.3. The van der Waals surface area contributed by atoms with Gasteiger partial charge in [-0.15, -0.1) is 0 Å². The second-order valence-electron chi connectivity index (χ2n) is 7.07. The lowest BCUT2D eigenvalue weighted by Crippen LogP contribution is -2.33. The van der Waals surface area contributed by atoms with E-state index in [9.17, 15) is 14.9 Å². The molecule has 1 unspecified atom stereocenters. The molecule has 0 spiro atoms. The molecule has 3 aromatic rings. The van der Waals surface area contributed by atoms with E-state index in [1.165, 1.54) is 7.11 Å². The van der Waals surface area contributed by atoms with Gasteiger partial charge < -0.3 is 24.2 Å². The number of carbonyl (C=O) groups excluding carboxylic acids is 1. The van der Waals surface area contributed by atoms with E-state index in [2.05, 4.69) is 6.07 Å². The van der Waals surface area contributed by atoms with Gasteiger partial charge in [-0.25, -0.2) is 4.79 Å². The van der Waals surface area contributed by atoms with E-state index in [4.69, 9.17) is 19.6 Å². The highest BCUT2D eigenvalue weighted by Gasteiger charge is 2.34. The van der Waals surface area contributed by atoms with Crippen molar-refractivity contribution >= 4 is 5.97 Å². The number of fused-ring (bicyclic) bond motifs is 1. The molecule has 0 amide bonds. The van der Waals surface area contributed by atoms with Crippen molar-refractivity contribution < 1.29 is 18.7 Å². The maximum atomic E-state index is 13.5. The second kappa shape index (κ2) is 7.88. The predicted molar refractivity (Wildman–Crippen MR) is 110 cm³/mol. The zero-order valence-corrected chi connectivity index (χ0v) is 16.9. The third kappa shape index (κ3) is 3.46. The number of hydrogen-bond acceptors (Lipinski definition) is 7. The number of hydrogen-bond donors (Lipinski definition) is 1. The third-order valence-electron chi connectivity index (χ3n) is 5.25. The Kier molecular flexibility index (Phi) is 5.09. The van der Waals surface area contributed by atoms with Crippen LogP contribution >= 0.6 is 0 Å². The van der Waals surface area contributed by atoms with Crippen molar-refractivity contribution in [3.8, 4) is 11.8 Å². The van der Waals surface area contributed by atoms with Crippen LogP contribution in [0, 0.1) is 18.3 Å². The molecule has 0 aliphatic carbocycles. The van der Waals surface area contributed by atoms with Crippen molar-refractivity contribution in [3.63, 3.8) is 0 Å². The van der Waals surface area contributed by atoms with E-state index >= 15 is 0 Å². The normalized spacial score (nSPS) is 15.1. The molecule has 2 N–H and O–H groups in total. The number of allylic oxidation sites excluding steroid dienone is 1. The SMILES string of the molecule is COC(=O)c1ccc(C2C(C#N)=C(N)Oc3cc(C)n(Cc4ccco4)c(=O)c32)cc1. The van der Waals surface area contributed by atoms with Crippen LogP contribution in [0.4, 0.5) is 0 Å². The molecule has 0 saturated carbocycles. The fourth-order valence-corrected chi connectivity index (χ4v) is 3.70. The number of rotatable bonds is 4. The minimum Gasteiger partial charge on any atom is -0.467 e. The first kappa shape index (κ1) is 20.0. The minimum atomic E-state index is -0.739. The average molecular weight is 417 g/mol. The summed E-state index contributed by atoms with van der Waals surface area (Å²) in [5.41, 5.74) is 7.78. The molecule has 2 aromatic heterocycles. The highest BCUT2D eigenvalue weighted by Crippen LogP contribution is 2.40. The van der Waals surface area contributed by atoms with Gasteiger partial charge in [0.1, 0.15) is 23.2 Å². The van der Waals surface area contributed by atoms with Gasteiger partial charge >= 0.3 is 5.97 Å². The zero-order valence-electron chi connectivity index (χ0n) is 16.9. The van der Waals surface area contributed by atoms with Crippen molar-refractivity contribution in [1.29, 1.82) is 5.26 Å². The molecule has 0 bridgehead atoms. The minimum absolute atomic E-state index is 0.0559. The molecule has 0 saturated heterocycles. The molecule has 8 nitrogen and oxygen atoms in total. The van der Waals surface area contributed by atoms with Gasteiger partial charge in [-0.2, -0.15) is 5.26 Å². The van der Waals surface area contributed by atoms with Gasteiger partial charge in [0.2, 0.25) is 5.88 Å². The molecule has 0 fully saturated rings. The first-order valence-corrected chi connectivity index (χ1v) is 9.47. The van der Waals surface area contributed by atoms with Gasteiger partial charge in [0.05, 0.1) is 37.0 Å². The summed E-state index contributed by atoms with van der Waals surface area (Å²) >= 11 is 0. The van der Waals surface area contributed by atoms with Crippen LogP contribution in [0.3, 0.4) is 0 Å². The summed E-state index contributed by atoms with van der Waals surface area (Å²) < 4.78 is 17.3. The van der Waals surface area contributed by atoms with Gasteiger partial charge in [-0.3, -0.25) is 4.79 Å². The largest absolute Gasteiger partial charge is 0.467 e. The van der Waals surface area contributed by atoms with E-state index in [1.54, 1.807) is 60.2 Å². The van der Waals surface area contributed by atoms with E-state index in [1.807, 2.05) is 0 Å². The Morgan fingerprint density at radius 3 is 2.65 bits per heavy atom. The highest BCUT2D eigenvalue weighted by atomic mass is 16.5. The molecule has 156 valence electrons. The number of nitrogens with zero attached hydrogens (tertiary/aromatic N) is 2. The number of benzene rings is 1. The fourth-order valence-electron chi connectivity index (χ4n) is 3.70. The molecule has 31 heavy (non-hydrogen) atoms. The van der Waals surface area contributed by atoms with Crippen LogP contribution in [-0.2, 0) is 11.3 Å². The van der Waals surface area contributed by atoms with Crippen LogP contribution in [0.15, 0.2) is 69.4 Å². The number of nitrogens with two attached hydrogens (primary N) is 1. The van der Waals surface area contributed by atoms with Crippen LogP contribution in [0.2, 0.25) is 0 Å². The Morgan fingerprint density at radius 1 is 1.29 bits per heavy atom. The smallest absolute Gasteiger partial charge is 0.337 e. The summed E-state index contributed by atoms with van der Waals surface area (Å²) in [6.07, 6.45) is 1.54. The number of aryl methyl sites for hydroxylation is 1. The van der Waals surface area contributed by atoms with Crippen LogP contribution in [0.1, 0.15) is 38.9 Å². The first-order valence-electron chi connectivity index (χ1n) is 9.47. The summed E-state index contributed by atoms with van der Waals surface area (Å²) in [5, 5.41) is 9.76. The van der Waals surface area contributed by atoms with Gasteiger partial charge in [-0.1, -0.05) is 12.1 Å². The fraction of sp³-hybridized carbons (Fsp3) is 0.174. The van der Waals surface area contributed by atoms with Crippen molar-refractivity contribution in [2.75, 3.05) is 7.11 Å². The van der Waals surface area contributed by atoms with E-state index in [0.29, 0.717) is 33.9 Å². The second-order valence-corrected chi connectivity index (χ2v) is 7.07. The number of furan rings is 1. The van der Waals surface area contributed by atoms with Gasteiger partial charge in [0, 0.05) is 11.8 Å². The number of nitriles is 1. The molecule has 8 heteroatoms. The third-order valence-corrected chi connectivity index (χ3v) is 5.25. The van der Waals surface area contributed by atoms with Crippen LogP contribution in [-0.4, -0.2) is 17.6 Å². The predicted octanol–water partition coefficient (Wildman–Crippen LogP) is 2.80. The highest BCUT2D eigenvalue weighted by molar-refractivity contribution is 5.89. The summed E-state index contributed by atoms with van der Waals surface area (Å²) in [6, 6.07) is 13.8. The lowest BCUT2D eigenvalue weighted by molar-refractivity contribution is 0.0600. The molecule has 3 heterocycles. The Bertz CT molecular complexity index is 1280. The van der Waals surface area contributed by atoms with Crippen LogP contribution < -0.4 is 16.0 Å². The standard InChI is InChI=1S/C23H19N3O5/c1-13-10-18-20(22(27)26(13)12-16-4-3-9-30-16)19(17(11-24)21(25)31-18)14-5-7-15(8-6-14)23(28)29-2/h3-10,19H,12,25H2,1-2H3. The Hall–Kier alpha value is -4.25. The summed E-state index contributed by atoms with van der Waals surface area (Å²) in [5.74, 6) is -0.352. The maximum absolute atomic E-state index is 13.5. The maximum Gasteiger partial charge on any atom is 0.337 e. The van der Waals surface area contributed by atoms with Crippen molar-refractivity contribution in [3.05, 3.63) is 98.7 Å². The quantitative estimate of drug-likeness (QED) is 0.648. The molecule has 1 aromatic carbocycles. The Morgan fingerprint density at radius 2 is 2.03 bits per heavy atom. The van der Waals surface area contributed by atoms with Gasteiger partial charge in [0.15, 0.2) is 0 Å². The average Bonchev–Trinajstić information content (AvgIpc) is 3.28. The summed E-state index contributed by atoms with van der Waals surface area (Å²) in [6.45, 7) is 2.02. The Balaban J connectivity index is 1.89. The van der Waals surface area contributed by atoms with Crippen molar-refractivity contribution in [2.45, 2.75) is 19.4 Å². The van der Waals surface area contributed by atoms with E-state index < -0.39 is 11.9 Å². The number of pyridine rings is 1. The summed E-state index contributed by atoms with van der Waals surface area (Å²) in [7, 11) is 1.30. The number of ether oxygens (including phenoxy) is 2. The van der Waals surface area contributed by atoms with E-state index in [0.717, 1.165) is 0 Å². The van der Waals surface area contributed by atoms with Crippen LogP contribution in [0.25, 0.3) is 0 Å². The lowest BCUT2D eigenvalue weighted by atomic mass is 9.83. The lowest BCUT2D eigenvalue weighted by Gasteiger charge is -2.27. The topological polar surface area (TPSA) is 120 Å². The number of carbonyl (C=O) groups is 1. The molecule has 1 atom stereocenters. The number of methoxy groups -OCH3 is 1. The van der Waals surface area contributed by atoms with Gasteiger partial charge in [0.25, 0.3) is 5.56 Å². The van der Waals surface area contributed by atoms with Gasteiger partial charge in [-0.05, 0) is 36.8 Å². The van der Waals surface area contributed by atoms with E-state index in [-0.39, 0.29) is 23.6 Å². The van der Waals surface area contributed by atoms with Crippen molar-refractivity contribution in [2.24, 2.45) is 5.73 Å². The molecular weight excluding hydrogens is 398 g/mol. The van der Waals surface area contributed by atoms with Crippen LogP contribution in [0.5, 0.6) is 5.75 Å². The first-order chi connectivity index (χ1) is 14.9. The Labute approximate surface area is 177 Å². The molecule has 1 aliphatic rings. The monoisotopic (exact) mass is 417 g/mol. The number of aromatic nitrogens is 1. The molecule has 1 aliphatic heterocycles. The molecule has 0 radical (unpaired) electrons. The molecule has 4 rings (SSSR count).